The van der Waals surface area contributed by atoms with E-state index in [0.29, 0.717) is 0 Å². The van der Waals surface area contributed by atoms with Crippen LogP contribution in [0, 0.1) is 18.8 Å². The van der Waals surface area contributed by atoms with E-state index in [1.807, 2.05) is 0 Å². The summed E-state index contributed by atoms with van der Waals surface area (Å²) in [5.74, 6) is 2.93. The SMILES string of the molecule is COc1cc(C2=CCCC(CC3CCN(C)CC3)CCC2)ccc1C. The standard InChI is InChI=1S/C23H35NO/c1-18-10-11-22(17-23(18)25-3)21-8-4-6-19(7-5-9-21)16-20-12-14-24(2)15-13-20/h8,10-11,17,19-20H,4-7,9,12-16H2,1-3H3. The van der Waals surface area contributed by atoms with Gasteiger partial charge in [0.2, 0.25) is 0 Å². The van der Waals surface area contributed by atoms with Gasteiger partial charge in [-0.1, -0.05) is 24.6 Å². The van der Waals surface area contributed by atoms with Crippen LogP contribution < -0.4 is 4.74 Å². The molecule has 1 aliphatic carbocycles. The van der Waals surface area contributed by atoms with E-state index in [1.165, 1.54) is 81.2 Å². The van der Waals surface area contributed by atoms with Crippen LogP contribution >= 0.6 is 0 Å². The Balaban J connectivity index is 1.57. The molecule has 2 nitrogen and oxygen atoms in total. The Hall–Kier alpha value is -1.28. The lowest BCUT2D eigenvalue weighted by molar-refractivity contribution is 0.189. The molecular formula is C23H35NO. The number of likely N-dealkylation sites (tertiary alicyclic amines) is 1. The third-order valence-electron chi connectivity index (χ3n) is 6.31. The average molecular weight is 342 g/mol. The molecular weight excluding hydrogens is 306 g/mol. The minimum absolute atomic E-state index is 0.943. The molecule has 0 N–H and O–H groups in total. The molecule has 0 spiro atoms. The molecule has 1 saturated heterocycles. The zero-order valence-electron chi connectivity index (χ0n) is 16.4. The summed E-state index contributed by atoms with van der Waals surface area (Å²) in [6, 6.07) is 6.68. The number of methoxy groups -OCH3 is 1. The molecule has 1 unspecified atom stereocenters. The van der Waals surface area contributed by atoms with Crippen LogP contribution in [0.2, 0.25) is 0 Å². The number of hydrogen-bond donors (Lipinski definition) is 0. The minimum atomic E-state index is 0.943. The molecule has 0 bridgehead atoms. The summed E-state index contributed by atoms with van der Waals surface area (Å²) in [6.45, 7) is 4.72. The third kappa shape index (κ3) is 5.10. The van der Waals surface area contributed by atoms with Crippen molar-refractivity contribution in [2.45, 2.75) is 58.3 Å². The van der Waals surface area contributed by atoms with Crippen LogP contribution in [-0.2, 0) is 0 Å². The van der Waals surface area contributed by atoms with Crippen LogP contribution in [0.4, 0.5) is 0 Å². The summed E-state index contributed by atoms with van der Waals surface area (Å²) in [4.78, 5) is 2.49. The van der Waals surface area contributed by atoms with Crippen LogP contribution in [-0.4, -0.2) is 32.1 Å². The van der Waals surface area contributed by atoms with Crippen molar-refractivity contribution >= 4 is 5.57 Å². The molecule has 0 aromatic heterocycles. The van der Waals surface area contributed by atoms with Gasteiger partial charge in [-0.25, -0.2) is 0 Å². The monoisotopic (exact) mass is 341 g/mol. The predicted octanol–water partition coefficient (Wildman–Crippen LogP) is 5.70. The Morgan fingerprint density at radius 2 is 1.84 bits per heavy atom. The van der Waals surface area contributed by atoms with E-state index in [-0.39, 0.29) is 0 Å². The first-order valence-electron chi connectivity index (χ1n) is 10.2. The van der Waals surface area contributed by atoms with E-state index >= 15 is 0 Å². The first kappa shape index (κ1) is 18.5. The van der Waals surface area contributed by atoms with E-state index in [9.17, 15) is 0 Å². The molecule has 1 heterocycles. The number of benzene rings is 1. The lowest BCUT2D eigenvalue weighted by Crippen LogP contribution is -2.31. The quantitative estimate of drug-likeness (QED) is 0.696. The Labute approximate surface area is 154 Å². The van der Waals surface area contributed by atoms with Gasteiger partial charge in [-0.3, -0.25) is 0 Å². The number of ether oxygens (including phenoxy) is 1. The van der Waals surface area contributed by atoms with E-state index < -0.39 is 0 Å². The summed E-state index contributed by atoms with van der Waals surface area (Å²) < 4.78 is 5.51. The van der Waals surface area contributed by atoms with Crippen molar-refractivity contribution in [1.29, 1.82) is 0 Å². The molecule has 2 heteroatoms. The Morgan fingerprint density at radius 3 is 2.60 bits per heavy atom. The highest BCUT2D eigenvalue weighted by Crippen LogP contribution is 2.34. The highest BCUT2D eigenvalue weighted by atomic mass is 16.5. The second kappa shape index (κ2) is 8.89. The molecule has 1 aliphatic heterocycles. The smallest absolute Gasteiger partial charge is 0.122 e. The number of aryl methyl sites for hydroxylation is 1. The Bertz CT molecular complexity index is 584. The van der Waals surface area contributed by atoms with Crippen LogP contribution in [0.1, 0.15) is 62.5 Å². The zero-order chi connectivity index (χ0) is 17.6. The Morgan fingerprint density at radius 1 is 1.08 bits per heavy atom. The molecule has 1 atom stereocenters. The van der Waals surface area contributed by atoms with Gasteiger partial charge in [0.25, 0.3) is 0 Å². The first-order chi connectivity index (χ1) is 12.2. The van der Waals surface area contributed by atoms with Gasteiger partial charge in [-0.2, -0.15) is 0 Å². The van der Waals surface area contributed by atoms with Crippen molar-refractivity contribution in [3.63, 3.8) is 0 Å². The van der Waals surface area contributed by atoms with E-state index in [2.05, 4.69) is 43.1 Å². The first-order valence-corrected chi connectivity index (χ1v) is 10.2. The number of piperidine rings is 1. The zero-order valence-corrected chi connectivity index (χ0v) is 16.4. The number of rotatable bonds is 4. The topological polar surface area (TPSA) is 12.5 Å². The lowest BCUT2D eigenvalue weighted by Gasteiger charge is -2.32. The van der Waals surface area contributed by atoms with Crippen molar-refractivity contribution < 1.29 is 4.74 Å². The molecule has 138 valence electrons. The van der Waals surface area contributed by atoms with Gasteiger partial charge >= 0.3 is 0 Å². The molecule has 1 aromatic carbocycles. The average Bonchev–Trinajstić information content (AvgIpc) is 2.60. The molecule has 1 aromatic rings. The minimum Gasteiger partial charge on any atom is -0.496 e. The number of hydrogen-bond acceptors (Lipinski definition) is 2. The fourth-order valence-corrected chi connectivity index (χ4v) is 4.61. The maximum atomic E-state index is 5.51. The fourth-order valence-electron chi connectivity index (χ4n) is 4.61. The van der Waals surface area contributed by atoms with Gasteiger partial charge < -0.3 is 9.64 Å². The van der Waals surface area contributed by atoms with Crippen LogP contribution in [0.25, 0.3) is 5.57 Å². The highest BCUT2D eigenvalue weighted by Gasteiger charge is 2.21. The van der Waals surface area contributed by atoms with Crippen LogP contribution in [0.3, 0.4) is 0 Å². The molecule has 3 rings (SSSR count). The predicted molar refractivity (Wildman–Crippen MR) is 107 cm³/mol. The molecule has 2 aliphatic rings. The van der Waals surface area contributed by atoms with Crippen molar-refractivity contribution in [1.82, 2.24) is 4.90 Å². The van der Waals surface area contributed by atoms with Gasteiger partial charge in [0.05, 0.1) is 7.11 Å². The lowest BCUT2D eigenvalue weighted by atomic mass is 9.81. The largest absolute Gasteiger partial charge is 0.496 e. The van der Waals surface area contributed by atoms with E-state index in [4.69, 9.17) is 4.74 Å². The van der Waals surface area contributed by atoms with Gasteiger partial charge in [0.15, 0.2) is 0 Å². The Kier molecular flexibility index (Phi) is 6.58. The molecule has 1 fully saturated rings. The maximum Gasteiger partial charge on any atom is 0.122 e. The number of allylic oxidation sites excluding steroid dienone is 2. The normalized spacial score (nSPS) is 23.6. The van der Waals surface area contributed by atoms with Gasteiger partial charge in [0.1, 0.15) is 5.75 Å². The van der Waals surface area contributed by atoms with Crippen molar-refractivity contribution in [3.8, 4) is 5.75 Å². The maximum absolute atomic E-state index is 5.51. The van der Waals surface area contributed by atoms with Crippen molar-refractivity contribution in [3.05, 3.63) is 35.4 Å². The van der Waals surface area contributed by atoms with Gasteiger partial charge in [-0.05, 0) is 107 Å². The van der Waals surface area contributed by atoms with Gasteiger partial charge in [-0.15, -0.1) is 0 Å². The summed E-state index contributed by atoms with van der Waals surface area (Å²) in [5.41, 5.74) is 4.10. The van der Waals surface area contributed by atoms with E-state index in [0.717, 1.165) is 17.6 Å². The summed E-state index contributed by atoms with van der Waals surface area (Å²) in [7, 11) is 4.03. The second-order valence-electron chi connectivity index (χ2n) is 8.23. The fraction of sp³-hybridized carbons (Fsp3) is 0.652. The van der Waals surface area contributed by atoms with Crippen LogP contribution in [0.15, 0.2) is 24.3 Å². The summed E-state index contributed by atoms with van der Waals surface area (Å²) >= 11 is 0. The molecule has 0 saturated carbocycles. The summed E-state index contributed by atoms with van der Waals surface area (Å²) in [5, 5.41) is 0. The van der Waals surface area contributed by atoms with Crippen LogP contribution in [0.5, 0.6) is 5.75 Å². The number of nitrogens with zero attached hydrogens (tertiary/aromatic N) is 1. The highest BCUT2D eigenvalue weighted by molar-refractivity contribution is 5.67. The van der Waals surface area contributed by atoms with Crippen molar-refractivity contribution in [2.75, 3.05) is 27.2 Å². The van der Waals surface area contributed by atoms with Crippen molar-refractivity contribution in [2.24, 2.45) is 11.8 Å². The van der Waals surface area contributed by atoms with E-state index in [1.54, 1.807) is 7.11 Å². The molecule has 25 heavy (non-hydrogen) atoms. The molecule has 0 radical (unpaired) electrons. The summed E-state index contributed by atoms with van der Waals surface area (Å²) in [6.07, 6.45) is 13.4. The third-order valence-corrected chi connectivity index (χ3v) is 6.31. The molecule has 0 amide bonds. The second-order valence-corrected chi connectivity index (χ2v) is 8.23. The van der Waals surface area contributed by atoms with Gasteiger partial charge in [0, 0.05) is 0 Å².